The van der Waals surface area contributed by atoms with E-state index in [1.807, 2.05) is 0 Å². The standard InChI is InChI=1S/C33H32F2N6O2/c1-2-19-5-3-6-24-23(19)9-10-26(42)27(24)30-28(35)29-25(14-36-30)31(40-16-21-7-8-22(17-40)37-21)39-32(38-29)43-18-33-11-4-12-41(33)15-20(34)13-33/h1,3,5-6,9-10,14,20-22,37,42H,4,7-8,11-13,15-18H2/t20-,21-,22+,33+/m1/s1. The van der Waals surface area contributed by atoms with Gasteiger partial charge in [0.15, 0.2) is 5.82 Å². The third-order valence-electron chi connectivity index (χ3n) is 9.82. The molecule has 2 aromatic carbocycles. The minimum Gasteiger partial charge on any atom is -0.507 e. The van der Waals surface area contributed by atoms with Gasteiger partial charge in [-0.25, -0.2) is 8.78 Å². The number of terminal acetylenes is 1. The van der Waals surface area contributed by atoms with Crippen molar-refractivity contribution in [1.82, 2.24) is 25.2 Å². The summed E-state index contributed by atoms with van der Waals surface area (Å²) in [6.07, 6.45) is 10.8. The second kappa shape index (κ2) is 10.00. The summed E-state index contributed by atoms with van der Waals surface area (Å²) < 4.78 is 37.4. The Bertz CT molecular complexity index is 1800. The maximum absolute atomic E-state index is 16.7. The number of rotatable bonds is 5. The SMILES string of the molecule is C#Cc1cccc2c(-c3ncc4c(N5C[C@H]6CC[C@@H](C5)N6)nc(OC[C@@]56CCCN5C[C@H](F)C6)nc4c3F)c(O)ccc12. The van der Waals surface area contributed by atoms with E-state index in [1.54, 1.807) is 30.5 Å². The number of fused-ring (bicyclic) bond motifs is 5. The third-order valence-corrected chi connectivity index (χ3v) is 9.82. The van der Waals surface area contributed by atoms with E-state index in [0.29, 0.717) is 52.6 Å². The van der Waals surface area contributed by atoms with Crippen LogP contribution < -0.4 is 15.0 Å². The fourth-order valence-electron chi connectivity index (χ4n) is 7.84. The van der Waals surface area contributed by atoms with Crippen molar-refractivity contribution in [3.05, 3.63) is 47.9 Å². The molecule has 0 saturated carbocycles. The molecule has 0 aliphatic carbocycles. The first-order valence-corrected chi connectivity index (χ1v) is 15.0. The van der Waals surface area contributed by atoms with Crippen LogP contribution in [0.15, 0.2) is 36.5 Å². The molecule has 4 aliphatic rings. The Hall–Kier alpha value is -4.07. The van der Waals surface area contributed by atoms with Crippen LogP contribution in [-0.2, 0) is 0 Å². The average Bonchev–Trinajstić information content (AvgIpc) is 3.66. The number of benzene rings is 2. The molecule has 2 aromatic heterocycles. The quantitative estimate of drug-likeness (QED) is 0.331. The van der Waals surface area contributed by atoms with Crippen LogP contribution in [0.3, 0.4) is 0 Å². The summed E-state index contributed by atoms with van der Waals surface area (Å²) in [5.41, 5.74) is 0.527. The molecule has 4 atom stereocenters. The van der Waals surface area contributed by atoms with Crippen molar-refractivity contribution in [2.45, 2.75) is 55.9 Å². The molecule has 0 spiro atoms. The highest BCUT2D eigenvalue weighted by molar-refractivity contribution is 6.03. The van der Waals surface area contributed by atoms with Gasteiger partial charge in [-0.2, -0.15) is 9.97 Å². The molecule has 43 heavy (non-hydrogen) atoms. The van der Waals surface area contributed by atoms with Crippen molar-refractivity contribution in [3.63, 3.8) is 0 Å². The van der Waals surface area contributed by atoms with Crippen LogP contribution in [0, 0.1) is 18.2 Å². The monoisotopic (exact) mass is 582 g/mol. The number of nitrogens with one attached hydrogen (secondary N) is 1. The van der Waals surface area contributed by atoms with Crippen molar-refractivity contribution in [2.75, 3.05) is 37.7 Å². The van der Waals surface area contributed by atoms with E-state index in [-0.39, 0.29) is 35.1 Å². The minimum atomic E-state index is -0.886. The Morgan fingerprint density at radius 3 is 2.74 bits per heavy atom. The van der Waals surface area contributed by atoms with Gasteiger partial charge in [0.25, 0.3) is 0 Å². The Morgan fingerprint density at radius 2 is 1.93 bits per heavy atom. The van der Waals surface area contributed by atoms with E-state index in [9.17, 15) is 9.50 Å². The summed E-state index contributed by atoms with van der Waals surface area (Å²) >= 11 is 0. The van der Waals surface area contributed by atoms with Gasteiger partial charge in [0.05, 0.1) is 16.5 Å². The lowest BCUT2D eigenvalue weighted by Gasteiger charge is -2.34. The molecule has 8 nitrogen and oxygen atoms in total. The fraction of sp³-hybridized carbons (Fsp3) is 0.424. The number of ether oxygens (including phenoxy) is 1. The van der Waals surface area contributed by atoms with Crippen molar-refractivity contribution in [3.8, 4) is 35.4 Å². The smallest absolute Gasteiger partial charge is 0.319 e. The van der Waals surface area contributed by atoms with E-state index in [0.717, 1.165) is 45.3 Å². The van der Waals surface area contributed by atoms with Crippen LogP contribution in [0.5, 0.6) is 11.8 Å². The molecular formula is C33H32F2N6O2. The molecule has 4 saturated heterocycles. The van der Waals surface area contributed by atoms with Crippen LogP contribution in [0.2, 0.25) is 0 Å². The second-order valence-electron chi connectivity index (χ2n) is 12.4. The number of alkyl halides is 1. The number of nitrogens with zero attached hydrogens (tertiary/aromatic N) is 5. The first-order valence-electron chi connectivity index (χ1n) is 15.0. The van der Waals surface area contributed by atoms with Crippen molar-refractivity contribution < 1.29 is 18.6 Å². The van der Waals surface area contributed by atoms with Crippen LogP contribution in [0.4, 0.5) is 14.6 Å². The van der Waals surface area contributed by atoms with Crippen LogP contribution in [-0.4, -0.2) is 81.5 Å². The topological polar surface area (TPSA) is 86.6 Å². The largest absolute Gasteiger partial charge is 0.507 e. The van der Waals surface area contributed by atoms with Gasteiger partial charge in [-0.05, 0) is 61.2 Å². The average molecular weight is 583 g/mol. The number of anilines is 1. The first kappa shape index (κ1) is 26.5. The lowest BCUT2D eigenvalue weighted by Crippen LogP contribution is -2.51. The van der Waals surface area contributed by atoms with E-state index >= 15 is 4.39 Å². The third kappa shape index (κ3) is 4.28. The number of piperazine rings is 1. The highest BCUT2D eigenvalue weighted by Crippen LogP contribution is 2.42. The normalized spacial score (nSPS) is 26.7. The maximum Gasteiger partial charge on any atom is 0.319 e. The van der Waals surface area contributed by atoms with Gasteiger partial charge < -0.3 is 20.1 Å². The van der Waals surface area contributed by atoms with Crippen LogP contribution >= 0.6 is 0 Å². The molecule has 10 heteroatoms. The maximum atomic E-state index is 16.7. The zero-order valence-electron chi connectivity index (χ0n) is 23.7. The number of aromatic hydroxyl groups is 1. The molecular weight excluding hydrogens is 550 g/mol. The molecule has 0 amide bonds. The number of phenolic OH excluding ortho intramolecular Hbond substituents is 1. The number of halogens is 2. The van der Waals surface area contributed by atoms with Gasteiger partial charge in [-0.3, -0.25) is 9.88 Å². The first-order chi connectivity index (χ1) is 20.9. The summed E-state index contributed by atoms with van der Waals surface area (Å²) in [7, 11) is 0. The zero-order valence-corrected chi connectivity index (χ0v) is 23.7. The lowest BCUT2D eigenvalue weighted by atomic mass is 9.95. The highest BCUT2D eigenvalue weighted by atomic mass is 19.1. The Kier molecular flexibility index (Phi) is 6.17. The molecule has 0 radical (unpaired) electrons. The molecule has 4 fully saturated rings. The molecule has 220 valence electrons. The Labute approximate surface area is 248 Å². The molecule has 4 aliphatic heterocycles. The van der Waals surface area contributed by atoms with Gasteiger partial charge in [0, 0.05) is 49.9 Å². The molecule has 8 rings (SSSR count). The van der Waals surface area contributed by atoms with Gasteiger partial charge in [-0.15, -0.1) is 6.42 Å². The van der Waals surface area contributed by atoms with E-state index in [2.05, 4.69) is 31.0 Å². The lowest BCUT2D eigenvalue weighted by molar-refractivity contribution is 0.107. The second-order valence-corrected chi connectivity index (χ2v) is 12.4. The molecule has 2 bridgehead atoms. The molecule has 4 aromatic rings. The summed E-state index contributed by atoms with van der Waals surface area (Å²) in [6, 6.07) is 9.32. The molecule has 6 heterocycles. The van der Waals surface area contributed by atoms with E-state index < -0.39 is 17.5 Å². The van der Waals surface area contributed by atoms with Crippen LogP contribution in [0.25, 0.3) is 32.9 Å². The van der Waals surface area contributed by atoms with Crippen molar-refractivity contribution >= 4 is 27.5 Å². The van der Waals surface area contributed by atoms with Crippen molar-refractivity contribution in [2.24, 2.45) is 0 Å². The number of aromatic nitrogens is 3. The molecule has 2 N–H and O–H groups in total. The minimum absolute atomic E-state index is 0.0302. The predicted octanol–water partition coefficient (Wildman–Crippen LogP) is 4.57. The highest BCUT2D eigenvalue weighted by Gasteiger charge is 2.49. The number of pyridine rings is 1. The van der Waals surface area contributed by atoms with E-state index in [4.69, 9.17) is 16.1 Å². The Morgan fingerprint density at radius 1 is 1.09 bits per heavy atom. The fourth-order valence-corrected chi connectivity index (χ4v) is 7.84. The summed E-state index contributed by atoms with van der Waals surface area (Å²) in [5.74, 6) is 2.44. The Balaban J connectivity index is 1.26. The van der Waals surface area contributed by atoms with Crippen molar-refractivity contribution in [1.29, 1.82) is 0 Å². The van der Waals surface area contributed by atoms with Gasteiger partial charge in [0.1, 0.15) is 35.6 Å². The van der Waals surface area contributed by atoms with Gasteiger partial charge in [-0.1, -0.05) is 18.1 Å². The van der Waals surface area contributed by atoms with Gasteiger partial charge in [0.2, 0.25) is 0 Å². The number of hydrogen-bond donors (Lipinski definition) is 2. The molecule has 0 unspecified atom stereocenters. The van der Waals surface area contributed by atoms with Crippen LogP contribution in [0.1, 0.15) is 37.7 Å². The number of hydrogen-bond acceptors (Lipinski definition) is 8. The summed E-state index contributed by atoms with van der Waals surface area (Å²) in [6.45, 7) is 2.95. The summed E-state index contributed by atoms with van der Waals surface area (Å²) in [5, 5.41) is 16.4. The number of phenols is 1. The predicted molar refractivity (Wildman–Crippen MR) is 161 cm³/mol. The van der Waals surface area contributed by atoms with Gasteiger partial charge >= 0.3 is 6.01 Å². The zero-order chi connectivity index (χ0) is 29.3. The van der Waals surface area contributed by atoms with E-state index in [1.165, 1.54) is 6.07 Å². The summed E-state index contributed by atoms with van der Waals surface area (Å²) in [4.78, 5) is 18.3.